The van der Waals surface area contributed by atoms with Gasteiger partial charge in [0.2, 0.25) is 0 Å². The molecular formula is C16H28N2O. The van der Waals surface area contributed by atoms with Gasteiger partial charge in [-0.3, -0.25) is 4.90 Å². The number of nitrogens with zero attached hydrogens (tertiary/aromatic N) is 1. The summed E-state index contributed by atoms with van der Waals surface area (Å²) in [6, 6.07) is 6.40. The summed E-state index contributed by atoms with van der Waals surface area (Å²) in [4.78, 5) is 2.44. The third-order valence-corrected chi connectivity index (χ3v) is 3.52. The Morgan fingerprint density at radius 1 is 1.32 bits per heavy atom. The molecule has 0 saturated heterocycles. The van der Waals surface area contributed by atoms with Crippen LogP contribution in [-0.4, -0.2) is 31.6 Å². The fraction of sp³-hybridized carbons (Fsp3) is 0.625. The Morgan fingerprint density at radius 3 is 2.47 bits per heavy atom. The molecule has 108 valence electrons. The predicted molar refractivity (Wildman–Crippen MR) is 81.5 cm³/mol. The first-order valence-corrected chi connectivity index (χ1v) is 6.98. The van der Waals surface area contributed by atoms with Crippen LogP contribution in [0.1, 0.15) is 31.9 Å². The molecule has 0 aliphatic carbocycles. The summed E-state index contributed by atoms with van der Waals surface area (Å²) in [6.07, 6.45) is 0. The molecule has 0 fully saturated rings. The van der Waals surface area contributed by atoms with Gasteiger partial charge in [-0.25, -0.2) is 0 Å². The molecular weight excluding hydrogens is 236 g/mol. The molecule has 0 aromatic heterocycles. The van der Waals surface area contributed by atoms with Crippen molar-refractivity contribution in [3.05, 3.63) is 29.3 Å². The van der Waals surface area contributed by atoms with Crippen molar-refractivity contribution in [2.24, 2.45) is 11.1 Å². The molecule has 1 aromatic carbocycles. The van der Waals surface area contributed by atoms with Crippen molar-refractivity contribution in [1.82, 2.24) is 4.90 Å². The van der Waals surface area contributed by atoms with Crippen molar-refractivity contribution in [2.75, 3.05) is 26.7 Å². The Morgan fingerprint density at radius 2 is 2.00 bits per heavy atom. The molecule has 0 amide bonds. The lowest BCUT2D eigenvalue weighted by Gasteiger charge is -2.31. The second-order valence-electron chi connectivity index (χ2n) is 5.98. The number of hydrogen-bond donors (Lipinski definition) is 1. The molecule has 1 rings (SSSR count). The molecule has 3 heteroatoms. The third kappa shape index (κ3) is 4.84. The van der Waals surface area contributed by atoms with Gasteiger partial charge in [-0.05, 0) is 42.6 Å². The Bertz CT molecular complexity index is 402. The zero-order valence-electron chi connectivity index (χ0n) is 13.0. The second-order valence-corrected chi connectivity index (χ2v) is 5.98. The minimum absolute atomic E-state index is 0.164. The van der Waals surface area contributed by atoms with Crippen LogP contribution in [0.2, 0.25) is 0 Å². The number of ether oxygens (including phenoxy) is 1. The largest absolute Gasteiger partial charge is 0.496 e. The SMILES string of the molecule is CCN(Cc1ccc(OC)c(C)c1)CC(C)(C)CN. The van der Waals surface area contributed by atoms with Gasteiger partial charge < -0.3 is 10.5 Å². The zero-order valence-corrected chi connectivity index (χ0v) is 13.0. The van der Waals surface area contributed by atoms with E-state index in [1.165, 1.54) is 11.1 Å². The van der Waals surface area contributed by atoms with Crippen LogP contribution in [0.15, 0.2) is 18.2 Å². The van der Waals surface area contributed by atoms with E-state index in [-0.39, 0.29) is 5.41 Å². The number of benzene rings is 1. The fourth-order valence-corrected chi connectivity index (χ4v) is 2.25. The van der Waals surface area contributed by atoms with Crippen molar-refractivity contribution in [3.63, 3.8) is 0 Å². The topological polar surface area (TPSA) is 38.5 Å². The first-order chi connectivity index (χ1) is 8.91. The second kappa shape index (κ2) is 6.92. The van der Waals surface area contributed by atoms with Gasteiger partial charge in [0.05, 0.1) is 7.11 Å². The van der Waals surface area contributed by atoms with Gasteiger partial charge in [0.1, 0.15) is 5.75 Å². The summed E-state index contributed by atoms with van der Waals surface area (Å²) >= 11 is 0. The van der Waals surface area contributed by atoms with Crippen LogP contribution >= 0.6 is 0 Å². The van der Waals surface area contributed by atoms with E-state index in [1.54, 1.807) is 7.11 Å². The average Bonchev–Trinajstić information content (AvgIpc) is 2.38. The van der Waals surface area contributed by atoms with Crippen molar-refractivity contribution in [3.8, 4) is 5.75 Å². The van der Waals surface area contributed by atoms with Gasteiger partial charge >= 0.3 is 0 Å². The molecule has 0 bridgehead atoms. The fourth-order valence-electron chi connectivity index (χ4n) is 2.25. The molecule has 2 N–H and O–H groups in total. The highest BCUT2D eigenvalue weighted by atomic mass is 16.5. The number of nitrogens with two attached hydrogens (primary N) is 1. The normalized spacial score (nSPS) is 11.9. The molecule has 1 aromatic rings. The molecule has 0 radical (unpaired) electrons. The van der Waals surface area contributed by atoms with Crippen molar-refractivity contribution < 1.29 is 4.74 Å². The van der Waals surface area contributed by atoms with E-state index in [1.807, 2.05) is 6.07 Å². The molecule has 3 nitrogen and oxygen atoms in total. The summed E-state index contributed by atoms with van der Waals surface area (Å²) < 4.78 is 5.30. The molecule has 19 heavy (non-hydrogen) atoms. The van der Waals surface area contributed by atoms with E-state index in [9.17, 15) is 0 Å². The highest BCUT2D eigenvalue weighted by molar-refractivity contribution is 5.36. The van der Waals surface area contributed by atoms with Crippen LogP contribution < -0.4 is 10.5 Å². The van der Waals surface area contributed by atoms with Crippen LogP contribution in [-0.2, 0) is 6.54 Å². The standard InChI is InChI=1S/C16H28N2O/c1-6-18(12-16(3,4)11-17)10-14-7-8-15(19-5)13(2)9-14/h7-9H,6,10-12,17H2,1-5H3. The summed E-state index contributed by atoms with van der Waals surface area (Å²) in [5, 5.41) is 0. The van der Waals surface area contributed by atoms with Gasteiger partial charge in [0, 0.05) is 13.1 Å². The maximum absolute atomic E-state index is 5.82. The van der Waals surface area contributed by atoms with E-state index in [4.69, 9.17) is 10.5 Å². The van der Waals surface area contributed by atoms with Gasteiger partial charge in [0.15, 0.2) is 0 Å². The van der Waals surface area contributed by atoms with Gasteiger partial charge in [0.25, 0.3) is 0 Å². The van der Waals surface area contributed by atoms with Gasteiger partial charge in [-0.1, -0.05) is 32.9 Å². The van der Waals surface area contributed by atoms with Gasteiger partial charge in [-0.15, -0.1) is 0 Å². The van der Waals surface area contributed by atoms with Crippen LogP contribution in [0.25, 0.3) is 0 Å². The van der Waals surface area contributed by atoms with Crippen molar-refractivity contribution >= 4 is 0 Å². The molecule has 0 aliphatic rings. The molecule has 0 saturated carbocycles. The highest BCUT2D eigenvalue weighted by Crippen LogP contribution is 2.21. The minimum atomic E-state index is 0.164. The zero-order chi connectivity index (χ0) is 14.5. The van der Waals surface area contributed by atoms with E-state index < -0.39 is 0 Å². The number of rotatable bonds is 7. The lowest BCUT2D eigenvalue weighted by molar-refractivity contribution is 0.183. The van der Waals surface area contributed by atoms with Crippen LogP contribution in [0.3, 0.4) is 0 Å². The highest BCUT2D eigenvalue weighted by Gasteiger charge is 2.19. The monoisotopic (exact) mass is 264 g/mol. The molecule has 0 unspecified atom stereocenters. The predicted octanol–water partition coefficient (Wildman–Crippen LogP) is 2.81. The lowest BCUT2D eigenvalue weighted by Crippen LogP contribution is -2.38. The number of aryl methyl sites for hydroxylation is 1. The Kier molecular flexibility index (Phi) is 5.83. The van der Waals surface area contributed by atoms with E-state index in [0.717, 1.165) is 25.4 Å². The number of hydrogen-bond acceptors (Lipinski definition) is 3. The Hall–Kier alpha value is -1.06. The van der Waals surface area contributed by atoms with Gasteiger partial charge in [-0.2, -0.15) is 0 Å². The van der Waals surface area contributed by atoms with E-state index >= 15 is 0 Å². The maximum Gasteiger partial charge on any atom is 0.121 e. The number of methoxy groups -OCH3 is 1. The van der Waals surface area contributed by atoms with Crippen molar-refractivity contribution in [1.29, 1.82) is 0 Å². The summed E-state index contributed by atoms with van der Waals surface area (Å²) in [6.45, 7) is 12.4. The Labute approximate surface area is 117 Å². The summed E-state index contributed by atoms with van der Waals surface area (Å²) in [5.41, 5.74) is 8.50. The van der Waals surface area contributed by atoms with Crippen LogP contribution in [0.4, 0.5) is 0 Å². The summed E-state index contributed by atoms with van der Waals surface area (Å²) in [5.74, 6) is 0.953. The minimum Gasteiger partial charge on any atom is -0.496 e. The smallest absolute Gasteiger partial charge is 0.121 e. The first-order valence-electron chi connectivity index (χ1n) is 6.98. The lowest BCUT2D eigenvalue weighted by atomic mass is 9.93. The molecule has 0 atom stereocenters. The molecule has 0 spiro atoms. The van der Waals surface area contributed by atoms with Crippen molar-refractivity contribution in [2.45, 2.75) is 34.2 Å². The van der Waals surface area contributed by atoms with E-state index in [0.29, 0.717) is 6.54 Å². The molecule has 0 heterocycles. The van der Waals surface area contributed by atoms with Crippen LogP contribution in [0.5, 0.6) is 5.75 Å². The summed E-state index contributed by atoms with van der Waals surface area (Å²) in [7, 11) is 1.71. The van der Waals surface area contributed by atoms with Crippen LogP contribution in [0, 0.1) is 12.3 Å². The maximum atomic E-state index is 5.82. The Balaban J connectivity index is 2.73. The quantitative estimate of drug-likeness (QED) is 0.823. The average molecular weight is 264 g/mol. The first kappa shape index (κ1) is 16.0. The van der Waals surface area contributed by atoms with E-state index in [2.05, 4.69) is 44.7 Å². The molecule has 0 aliphatic heterocycles. The third-order valence-electron chi connectivity index (χ3n) is 3.52.